The van der Waals surface area contributed by atoms with Crippen LogP contribution in [0, 0.1) is 6.92 Å². The van der Waals surface area contributed by atoms with E-state index >= 15 is 0 Å². The Morgan fingerprint density at radius 1 is 1.38 bits per heavy atom. The molecule has 0 aliphatic carbocycles. The van der Waals surface area contributed by atoms with Crippen LogP contribution in [0.25, 0.3) is 10.2 Å². The minimum Gasteiger partial charge on any atom is -0.477 e. The number of aryl methyl sites for hydroxylation is 1. The number of pyridine rings is 1. The lowest BCUT2D eigenvalue weighted by Crippen LogP contribution is -1.95. The Morgan fingerprint density at radius 3 is 2.90 bits per heavy atom. The average molecular weight is 322 g/mol. The number of carboxylic acids is 1. The molecule has 0 aliphatic rings. The largest absolute Gasteiger partial charge is 0.477 e. The molecule has 0 bridgehead atoms. The summed E-state index contributed by atoms with van der Waals surface area (Å²) in [7, 11) is 0. The Kier molecular flexibility index (Phi) is 3.44. The number of fused-ring (bicyclic) bond motifs is 1. The minimum atomic E-state index is -0.995. The lowest BCUT2D eigenvalue weighted by atomic mass is 10.2. The molecule has 8 heteroatoms. The normalized spacial score (nSPS) is 10.8. The molecule has 21 heavy (non-hydrogen) atoms. The SMILES string of the molecule is Cc1c(C(=O)O)sc2ncnc(Oc3cncc(Cl)c3)c12. The van der Waals surface area contributed by atoms with Crippen molar-refractivity contribution in [3.63, 3.8) is 0 Å². The van der Waals surface area contributed by atoms with E-state index in [1.165, 1.54) is 18.7 Å². The summed E-state index contributed by atoms with van der Waals surface area (Å²) in [4.78, 5) is 24.1. The van der Waals surface area contributed by atoms with Gasteiger partial charge in [0.1, 0.15) is 21.8 Å². The van der Waals surface area contributed by atoms with E-state index in [2.05, 4.69) is 15.0 Å². The van der Waals surface area contributed by atoms with E-state index in [4.69, 9.17) is 16.3 Å². The standard InChI is InChI=1S/C13H8ClN3O3S/c1-6-9-11(20-8-2-7(14)3-15-4-8)16-5-17-12(9)21-10(6)13(18)19/h2-5H,1H3,(H,18,19). The zero-order valence-corrected chi connectivity index (χ0v) is 12.3. The van der Waals surface area contributed by atoms with Crippen LogP contribution in [-0.2, 0) is 0 Å². The smallest absolute Gasteiger partial charge is 0.346 e. The molecule has 0 saturated heterocycles. The van der Waals surface area contributed by atoms with Crippen molar-refractivity contribution in [3.05, 3.63) is 40.3 Å². The summed E-state index contributed by atoms with van der Waals surface area (Å²) in [6.07, 6.45) is 4.32. The number of ether oxygens (including phenoxy) is 1. The summed E-state index contributed by atoms with van der Waals surface area (Å²) in [6, 6.07) is 1.60. The van der Waals surface area contributed by atoms with Gasteiger partial charge in [0.15, 0.2) is 0 Å². The van der Waals surface area contributed by atoms with Crippen LogP contribution in [0.1, 0.15) is 15.2 Å². The van der Waals surface area contributed by atoms with Crippen molar-refractivity contribution in [2.75, 3.05) is 0 Å². The van der Waals surface area contributed by atoms with Gasteiger partial charge < -0.3 is 9.84 Å². The van der Waals surface area contributed by atoms with Crippen LogP contribution in [0.2, 0.25) is 5.02 Å². The number of thiophene rings is 1. The fourth-order valence-corrected chi connectivity index (χ4v) is 3.02. The molecule has 0 atom stereocenters. The summed E-state index contributed by atoms with van der Waals surface area (Å²) < 4.78 is 5.66. The number of nitrogens with zero attached hydrogens (tertiary/aromatic N) is 3. The molecule has 0 radical (unpaired) electrons. The van der Waals surface area contributed by atoms with Gasteiger partial charge in [-0.25, -0.2) is 14.8 Å². The van der Waals surface area contributed by atoms with Crippen molar-refractivity contribution >= 4 is 39.1 Å². The van der Waals surface area contributed by atoms with E-state index < -0.39 is 5.97 Å². The Balaban J connectivity index is 2.12. The molecule has 0 saturated carbocycles. The zero-order chi connectivity index (χ0) is 15.0. The Morgan fingerprint density at radius 2 is 2.19 bits per heavy atom. The Hall–Kier alpha value is -2.25. The topological polar surface area (TPSA) is 85.2 Å². The summed E-state index contributed by atoms with van der Waals surface area (Å²) in [6.45, 7) is 1.70. The van der Waals surface area contributed by atoms with Gasteiger partial charge in [-0.2, -0.15) is 0 Å². The highest BCUT2D eigenvalue weighted by Gasteiger charge is 2.19. The number of aromatic nitrogens is 3. The molecule has 3 rings (SSSR count). The minimum absolute atomic E-state index is 0.222. The van der Waals surface area contributed by atoms with Crippen LogP contribution in [0.15, 0.2) is 24.8 Å². The molecule has 3 aromatic rings. The molecule has 0 spiro atoms. The lowest BCUT2D eigenvalue weighted by Gasteiger charge is -2.05. The van der Waals surface area contributed by atoms with E-state index in [9.17, 15) is 9.90 Å². The van der Waals surface area contributed by atoms with Gasteiger partial charge in [0.05, 0.1) is 16.6 Å². The predicted molar refractivity (Wildman–Crippen MR) is 78.4 cm³/mol. The van der Waals surface area contributed by atoms with Gasteiger partial charge in [-0.05, 0) is 12.5 Å². The van der Waals surface area contributed by atoms with Crippen LogP contribution in [0.3, 0.4) is 0 Å². The molecule has 0 aromatic carbocycles. The van der Waals surface area contributed by atoms with Crippen molar-refractivity contribution in [2.45, 2.75) is 6.92 Å². The van der Waals surface area contributed by atoms with E-state index in [-0.39, 0.29) is 10.8 Å². The first-order valence-electron chi connectivity index (χ1n) is 5.82. The van der Waals surface area contributed by atoms with Crippen LogP contribution < -0.4 is 4.74 Å². The maximum absolute atomic E-state index is 11.2. The third kappa shape index (κ3) is 2.53. The first-order chi connectivity index (χ1) is 10.1. The molecule has 1 N–H and O–H groups in total. The monoisotopic (exact) mass is 321 g/mol. The van der Waals surface area contributed by atoms with Gasteiger partial charge in [-0.3, -0.25) is 4.98 Å². The number of carbonyl (C=O) groups is 1. The second kappa shape index (κ2) is 5.27. The molecule has 3 aromatic heterocycles. The molecule has 106 valence electrons. The molecule has 3 heterocycles. The molecule has 0 unspecified atom stereocenters. The van der Waals surface area contributed by atoms with Crippen LogP contribution >= 0.6 is 22.9 Å². The number of hydrogen-bond donors (Lipinski definition) is 1. The highest BCUT2D eigenvalue weighted by atomic mass is 35.5. The zero-order valence-electron chi connectivity index (χ0n) is 10.7. The number of carboxylic acid groups (broad SMARTS) is 1. The summed E-state index contributed by atoms with van der Waals surface area (Å²) in [5.41, 5.74) is 0.577. The highest BCUT2D eigenvalue weighted by Crippen LogP contribution is 2.36. The highest BCUT2D eigenvalue weighted by molar-refractivity contribution is 7.20. The fourth-order valence-electron chi connectivity index (χ4n) is 1.88. The van der Waals surface area contributed by atoms with Gasteiger partial charge in [0.2, 0.25) is 5.88 Å². The second-order valence-corrected chi connectivity index (χ2v) is 5.60. The van der Waals surface area contributed by atoms with Gasteiger partial charge in [-0.1, -0.05) is 11.6 Å². The number of halogens is 1. The van der Waals surface area contributed by atoms with Crippen LogP contribution in [0.5, 0.6) is 11.6 Å². The molecule has 0 amide bonds. The first kappa shape index (κ1) is 13.7. The third-order valence-electron chi connectivity index (χ3n) is 2.78. The first-order valence-corrected chi connectivity index (χ1v) is 7.01. The van der Waals surface area contributed by atoms with Crippen molar-refractivity contribution in [1.82, 2.24) is 15.0 Å². The third-order valence-corrected chi connectivity index (χ3v) is 4.18. The average Bonchev–Trinajstić information content (AvgIpc) is 2.77. The summed E-state index contributed by atoms with van der Waals surface area (Å²) in [5, 5.41) is 10.2. The predicted octanol–water partition coefficient (Wildman–Crippen LogP) is 3.54. The fraction of sp³-hybridized carbons (Fsp3) is 0.0769. The van der Waals surface area contributed by atoms with Crippen molar-refractivity contribution in [2.24, 2.45) is 0 Å². The van der Waals surface area contributed by atoms with Crippen molar-refractivity contribution in [3.8, 4) is 11.6 Å². The molecule has 6 nitrogen and oxygen atoms in total. The summed E-state index contributed by atoms with van der Waals surface area (Å²) >= 11 is 6.94. The Bertz CT molecular complexity index is 850. The van der Waals surface area contributed by atoms with Gasteiger partial charge in [-0.15, -0.1) is 11.3 Å². The van der Waals surface area contributed by atoms with Gasteiger partial charge in [0.25, 0.3) is 0 Å². The van der Waals surface area contributed by atoms with E-state index in [0.29, 0.717) is 26.6 Å². The summed E-state index contributed by atoms with van der Waals surface area (Å²) in [5.74, 6) is -0.291. The van der Waals surface area contributed by atoms with Crippen molar-refractivity contribution < 1.29 is 14.6 Å². The second-order valence-electron chi connectivity index (χ2n) is 4.16. The number of hydrogen-bond acceptors (Lipinski definition) is 6. The molecule has 0 aliphatic heterocycles. The molecule has 0 fully saturated rings. The van der Waals surface area contributed by atoms with E-state index in [1.807, 2.05) is 0 Å². The van der Waals surface area contributed by atoms with Crippen molar-refractivity contribution in [1.29, 1.82) is 0 Å². The maximum Gasteiger partial charge on any atom is 0.346 e. The van der Waals surface area contributed by atoms with Crippen LogP contribution in [-0.4, -0.2) is 26.0 Å². The van der Waals surface area contributed by atoms with Gasteiger partial charge >= 0.3 is 5.97 Å². The number of rotatable bonds is 3. The molecular weight excluding hydrogens is 314 g/mol. The van der Waals surface area contributed by atoms with E-state index in [1.54, 1.807) is 13.0 Å². The van der Waals surface area contributed by atoms with E-state index in [0.717, 1.165) is 11.3 Å². The van der Waals surface area contributed by atoms with Gasteiger partial charge in [0, 0.05) is 12.3 Å². The quantitative estimate of drug-likeness (QED) is 0.794. The molecular formula is C13H8ClN3O3S. The Labute approximate surface area is 128 Å². The lowest BCUT2D eigenvalue weighted by molar-refractivity contribution is 0.0701. The number of aromatic carboxylic acids is 1. The maximum atomic E-state index is 11.2. The van der Waals surface area contributed by atoms with Crippen LogP contribution in [0.4, 0.5) is 0 Å².